The smallest absolute Gasteiger partial charge is 0.306 e. The van der Waals surface area contributed by atoms with Crippen LogP contribution in [0.15, 0.2) is 24.5 Å². The van der Waals surface area contributed by atoms with Crippen LogP contribution in [0.25, 0.3) is 10.8 Å². The standard InChI is InChI=1S/C14H15NO4/c1-8(14(17)18)5-10-12(19-2)6-9-3-4-15-7-11(9)13(10)16/h3-4,6-8,16H,5H2,1-2H3,(H,17,18). The van der Waals surface area contributed by atoms with Crippen LogP contribution in [0, 0.1) is 5.92 Å². The van der Waals surface area contributed by atoms with Crippen molar-refractivity contribution in [3.05, 3.63) is 30.1 Å². The molecule has 0 spiro atoms. The number of hydrogen-bond donors (Lipinski definition) is 2. The van der Waals surface area contributed by atoms with E-state index in [0.717, 1.165) is 5.39 Å². The van der Waals surface area contributed by atoms with E-state index >= 15 is 0 Å². The molecule has 5 heteroatoms. The summed E-state index contributed by atoms with van der Waals surface area (Å²) in [7, 11) is 1.50. The van der Waals surface area contributed by atoms with Crippen LogP contribution in [-0.2, 0) is 11.2 Å². The number of carboxylic acid groups (broad SMARTS) is 1. The Morgan fingerprint density at radius 1 is 1.53 bits per heavy atom. The minimum Gasteiger partial charge on any atom is -0.507 e. The fourth-order valence-electron chi connectivity index (χ4n) is 2.01. The van der Waals surface area contributed by atoms with E-state index < -0.39 is 11.9 Å². The second-order valence-corrected chi connectivity index (χ2v) is 4.45. The average molecular weight is 261 g/mol. The van der Waals surface area contributed by atoms with Crippen LogP contribution >= 0.6 is 0 Å². The molecule has 100 valence electrons. The fourth-order valence-corrected chi connectivity index (χ4v) is 2.01. The first kappa shape index (κ1) is 13.1. The van der Waals surface area contributed by atoms with Crippen LogP contribution in [0.3, 0.4) is 0 Å². The van der Waals surface area contributed by atoms with Crippen LogP contribution in [0.5, 0.6) is 11.5 Å². The highest BCUT2D eigenvalue weighted by molar-refractivity contribution is 5.90. The van der Waals surface area contributed by atoms with Gasteiger partial charge in [-0.05, 0) is 23.9 Å². The lowest BCUT2D eigenvalue weighted by atomic mass is 9.97. The van der Waals surface area contributed by atoms with Crippen molar-refractivity contribution in [1.82, 2.24) is 4.98 Å². The zero-order chi connectivity index (χ0) is 14.0. The van der Waals surface area contributed by atoms with E-state index in [-0.39, 0.29) is 12.2 Å². The van der Waals surface area contributed by atoms with Gasteiger partial charge in [0.25, 0.3) is 0 Å². The van der Waals surface area contributed by atoms with Gasteiger partial charge in [0.15, 0.2) is 0 Å². The van der Waals surface area contributed by atoms with Gasteiger partial charge >= 0.3 is 5.97 Å². The average Bonchev–Trinajstić information content (AvgIpc) is 2.41. The maximum Gasteiger partial charge on any atom is 0.306 e. The number of rotatable bonds is 4. The van der Waals surface area contributed by atoms with Crippen LogP contribution in [0.1, 0.15) is 12.5 Å². The molecule has 0 aliphatic carbocycles. The molecule has 0 aliphatic heterocycles. The van der Waals surface area contributed by atoms with Crippen molar-refractivity contribution < 1.29 is 19.7 Å². The van der Waals surface area contributed by atoms with Crippen LogP contribution < -0.4 is 4.74 Å². The molecule has 1 aromatic heterocycles. The zero-order valence-corrected chi connectivity index (χ0v) is 10.8. The Labute approximate surface area is 110 Å². The lowest BCUT2D eigenvalue weighted by molar-refractivity contribution is -0.141. The number of nitrogens with zero attached hydrogens (tertiary/aromatic N) is 1. The molecule has 1 heterocycles. The molecule has 5 nitrogen and oxygen atoms in total. The molecule has 1 unspecified atom stereocenters. The van der Waals surface area contributed by atoms with Gasteiger partial charge in [-0.1, -0.05) is 6.92 Å². The van der Waals surface area contributed by atoms with Gasteiger partial charge in [0.05, 0.1) is 13.0 Å². The first-order valence-electron chi connectivity index (χ1n) is 5.90. The lowest BCUT2D eigenvalue weighted by Crippen LogP contribution is -2.13. The molecule has 0 amide bonds. The van der Waals surface area contributed by atoms with Crippen molar-refractivity contribution >= 4 is 16.7 Å². The zero-order valence-electron chi connectivity index (χ0n) is 10.8. The highest BCUT2D eigenvalue weighted by Crippen LogP contribution is 2.37. The van der Waals surface area contributed by atoms with E-state index in [0.29, 0.717) is 16.7 Å². The summed E-state index contributed by atoms with van der Waals surface area (Å²) in [5, 5.41) is 20.7. The van der Waals surface area contributed by atoms with Gasteiger partial charge in [0.2, 0.25) is 0 Å². The maximum absolute atomic E-state index is 10.9. The predicted molar refractivity (Wildman–Crippen MR) is 70.5 cm³/mol. The molecule has 0 saturated heterocycles. The first-order valence-corrected chi connectivity index (χ1v) is 5.90. The van der Waals surface area contributed by atoms with Crippen LogP contribution in [0.2, 0.25) is 0 Å². The van der Waals surface area contributed by atoms with Gasteiger partial charge in [-0.3, -0.25) is 9.78 Å². The Morgan fingerprint density at radius 3 is 2.89 bits per heavy atom. The second-order valence-electron chi connectivity index (χ2n) is 4.45. The third-order valence-corrected chi connectivity index (χ3v) is 3.13. The number of phenols is 1. The van der Waals surface area contributed by atoms with Gasteiger partial charge in [-0.2, -0.15) is 0 Å². The fraction of sp³-hybridized carbons (Fsp3) is 0.286. The number of pyridine rings is 1. The Bertz CT molecular complexity index is 624. The van der Waals surface area contributed by atoms with Gasteiger partial charge < -0.3 is 14.9 Å². The summed E-state index contributed by atoms with van der Waals surface area (Å²) >= 11 is 0. The van der Waals surface area contributed by atoms with E-state index in [1.54, 1.807) is 31.5 Å². The van der Waals surface area contributed by atoms with Crippen molar-refractivity contribution in [3.63, 3.8) is 0 Å². The number of hydrogen-bond acceptors (Lipinski definition) is 4. The van der Waals surface area contributed by atoms with E-state index in [9.17, 15) is 9.90 Å². The summed E-state index contributed by atoms with van der Waals surface area (Å²) in [5.41, 5.74) is 0.498. The summed E-state index contributed by atoms with van der Waals surface area (Å²) in [6.07, 6.45) is 3.38. The quantitative estimate of drug-likeness (QED) is 0.882. The molecule has 2 aromatic rings. The number of fused-ring (bicyclic) bond motifs is 1. The van der Waals surface area contributed by atoms with E-state index in [4.69, 9.17) is 9.84 Å². The monoisotopic (exact) mass is 261 g/mol. The third kappa shape index (κ3) is 2.45. The summed E-state index contributed by atoms with van der Waals surface area (Å²) < 4.78 is 5.24. The molecule has 1 aromatic carbocycles. The molecular formula is C14H15NO4. The molecular weight excluding hydrogens is 246 g/mol. The van der Waals surface area contributed by atoms with Crippen molar-refractivity contribution in [3.8, 4) is 11.5 Å². The number of carbonyl (C=O) groups is 1. The predicted octanol–water partition coefficient (Wildman–Crippen LogP) is 2.21. The van der Waals surface area contributed by atoms with Gasteiger partial charge in [0.1, 0.15) is 11.5 Å². The molecule has 19 heavy (non-hydrogen) atoms. The number of carboxylic acids is 1. The second kappa shape index (κ2) is 5.14. The number of ether oxygens (including phenoxy) is 1. The minimum absolute atomic E-state index is 0.0375. The molecule has 0 saturated carbocycles. The SMILES string of the molecule is COc1cc2ccncc2c(O)c1CC(C)C(=O)O. The Hall–Kier alpha value is -2.30. The van der Waals surface area contributed by atoms with Crippen LogP contribution in [0.4, 0.5) is 0 Å². The highest BCUT2D eigenvalue weighted by atomic mass is 16.5. The Kier molecular flexibility index (Phi) is 3.55. The number of benzene rings is 1. The van der Waals surface area contributed by atoms with Crippen molar-refractivity contribution in [2.75, 3.05) is 7.11 Å². The molecule has 2 rings (SSSR count). The minimum atomic E-state index is -0.910. The van der Waals surface area contributed by atoms with E-state index in [2.05, 4.69) is 4.98 Å². The summed E-state index contributed by atoms with van der Waals surface area (Å²) in [6, 6.07) is 3.54. The first-order chi connectivity index (χ1) is 9.04. The number of phenolic OH excluding ortho intramolecular Hbond substituents is 1. The van der Waals surface area contributed by atoms with Crippen molar-refractivity contribution in [2.24, 2.45) is 5.92 Å². The number of aromatic nitrogens is 1. The third-order valence-electron chi connectivity index (χ3n) is 3.13. The van der Waals surface area contributed by atoms with Gasteiger partial charge in [-0.15, -0.1) is 0 Å². The van der Waals surface area contributed by atoms with Crippen LogP contribution in [-0.4, -0.2) is 28.3 Å². The largest absolute Gasteiger partial charge is 0.507 e. The van der Waals surface area contributed by atoms with Crippen molar-refractivity contribution in [2.45, 2.75) is 13.3 Å². The highest BCUT2D eigenvalue weighted by Gasteiger charge is 2.19. The lowest BCUT2D eigenvalue weighted by Gasteiger charge is -2.14. The normalized spacial score (nSPS) is 12.3. The van der Waals surface area contributed by atoms with Gasteiger partial charge in [-0.25, -0.2) is 0 Å². The molecule has 2 N–H and O–H groups in total. The molecule has 0 aliphatic rings. The molecule has 0 fully saturated rings. The maximum atomic E-state index is 10.9. The number of aliphatic carboxylic acids is 1. The molecule has 0 bridgehead atoms. The summed E-state index contributed by atoms with van der Waals surface area (Å²) in [6.45, 7) is 1.59. The number of aromatic hydroxyl groups is 1. The van der Waals surface area contributed by atoms with E-state index in [1.807, 2.05) is 0 Å². The summed E-state index contributed by atoms with van der Waals surface area (Å²) in [5.74, 6) is -0.985. The Morgan fingerprint density at radius 2 is 2.26 bits per heavy atom. The molecule has 0 radical (unpaired) electrons. The molecule has 1 atom stereocenters. The summed E-state index contributed by atoms with van der Waals surface area (Å²) in [4.78, 5) is 14.9. The Balaban J connectivity index is 2.58. The van der Waals surface area contributed by atoms with Gasteiger partial charge in [0, 0.05) is 23.3 Å². The van der Waals surface area contributed by atoms with E-state index in [1.165, 1.54) is 7.11 Å². The topological polar surface area (TPSA) is 79.7 Å². The van der Waals surface area contributed by atoms with Crippen molar-refractivity contribution in [1.29, 1.82) is 0 Å². The number of methoxy groups -OCH3 is 1.